The van der Waals surface area contributed by atoms with E-state index in [1.165, 1.54) is 6.92 Å². The first-order valence-corrected chi connectivity index (χ1v) is 6.44. The maximum Gasteiger partial charge on any atom is 0.238 e. The van der Waals surface area contributed by atoms with E-state index in [0.717, 1.165) is 24.1 Å². The number of aryl methyl sites for hydroxylation is 1. The summed E-state index contributed by atoms with van der Waals surface area (Å²) in [5, 5.41) is 2.87. The van der Waals surface area contributed by atoms with Gasteiger partial charge in [0.25, 0.3) is 0 Å². The molecule has 1 saturated carbocycles. The third-order valence-corrected chi connectivity index (χ3v) is 3.88. The van der Waals surface area contributed by atoms with E-state index in [4.69, 9.17) is 0 Å². The van der Waals surface area contributed by atoms with Crippen LogP contribution in [0.3, 0.4) is 0 Å². The zero-order valence-electron chi connectivity index (χ0n) is 11.0. The number of hydrogen-bond donors (Lipinski definition) is 1. The van der Waals surface area contributed by atoms with Crippen molar-refractivity contribution in [3.8, 4) is 0 Å². The van der Waals surface area contributed by atoms with E-state index in [9.17, 15) is 9.59 Å². The molecule has 3 heteroatoms. The van der Waals surface area contributed by atoms with Crippen LogP contribution in [0.5, 0.6) is 0 Å². The second-order valence-electron chi connectivity index (χ2n) is 5.17. The van der Waals surface area contributed by atoms with Crippen LogP contribution in [-0.4, -0.2) is 11.7 Å². The summed E-state index contributed by atoms with van der Waals surface area (Å²) in [6.07, 6.45) is 3.28. The first-order valence-electron chi connectivity index (χ1n) is 6.44. The predicted octanol–water partition coefficient (Wildman–Crippen LogP) is 3.08. The summed E-state index contributed by atoms with van der Waals surface area (Å²) < 4.78 is 0. The number of rotatable bonds is 3. The lowest BCUT2D eigenvalue weighted by Crippen LogP contribution is -2.39. The minimum absolute atomic E-state index is 0.00962. The van der Waals surface area contributed by atoms with Crippen LogP contribution in [0.25, 0.3) is 0 Å². The Morgan fingerprint density at radius 3 is 2.17 bits per heavy atom. The van der Waals surface area contributed by atoms with Crippen LogP contribution in [0.4, 0.5) is 5.69 Å². The number of benzene rings is 1. The van der Waals surface area contributed by atoms with Crippen LogP contribution in [0.2, 0.25) is 0 Å². The van der Waals surface area contributed by atoms with E-state index in [2.05, 4.69) is 5.32 Å². The van der Waals surface area contributed by atoms with Crippen molar-refractivity contribution in [1.29, 1.82) is 0 Å². The highest BCUT2D eigenvalue weighted by Crippen LogP contribution is 2.39. The first-order chi connectivity index (χ1) is 8.54. The number of amides is 1. The maximum absolute atomic E-state index is 12.3. The lowest BCUT2D eigenvalue weighted by Gasteiger charge is -2.24. The molecule has 0 spiro atoms. The Kier molecular flexibility index (Phi) is 3.50. The molecular weight excluding hydrogens is 226 g/mol. The van der Waals surface area contributed by atoms with E-state index in [-0.39, 0.29) is 11.7 Å². The molecule has 1 aliphatic carbocycles. The van der Waals surface area contributed by atoms with E-state index < -0.39 is 5.41 Å². The zero-order valence-corrected chi connectivity index (χ0v) is 11.0. The molecule has 0 aromatic heterocycles. The largest absolute Gasteiger partial charge is 0.325 e. The van der Waals surface area contributed by atoms with Gasteiger partial charge in [0.2, 0.25) is 5.91 Å². The number of hydrogen-bond acceptors (Lipinski definition) is 2. The van der Waals surface area contributed by atoms with Gasteiger partial charge in [-0.3, -0.25) is 9.59 Å². The van der Waals surface area contributed by atoms with Crippen molar-refractivity contribution in [3.05, 3.63) is 29.8 Å². The van der Waals surface area contributed by atoms with Gasteiger partial charge in [0.05, 0.1) is 0 Å². The second-order valence-corrected chi connectivity index (χ2v) is 5.17. The summed E-state index contributed by atoms with van der Waals surface area (Å²) in [5.74, 6) is -0.152. The fourth-order valence-corrected chi connectivity index (χ4v) is 2.61. The molecule has 0 radical (unpaired) electrons. The van der Waals surface area contributed by atoms with Gasteiger partial charge < -0.3 is 5.32 Å². The molecule has 3 nitrogen and oxygen atoms in total. The molecule has 1 aromatic carbocycles. The lowest BCUT2D eigenvalue weighted by molar-refractivity contribution is -0.137. The average molecular weight is 245 g/mol. The number of carbonyl (C=O) groups excluding carboxylic acids is 2. The summed E-state index contributed by atoms with van der Waals surface area (Å²) >= 11 is 0. The maximum atomic E-state index is 12.3. The zero-order chi connectivity index (χ0) is 13.2. The van der Waals surface area contributed by atoms with Gasteiger partial charge in [0.1, 0.15) is 11.2 Å². The molecule has 0 saturated heterocycles. The Morgan fingerprint density at radius 2 is 1.67 bits per heavy atom. The topological polar surface area (TPSA) is 46.2 Å². The van der Waals surface area contributed by atoms with Crippen molar-refractivity contribution in [2.45, 2.75) is 39.5 Å². The first kappa shape index (κ1) is 12.8. The molecule has 0 unspecified atom stereocenters. The van der Waals surface area contributed by atoms with Crippen molar-refractivity contribution < 1.29 is 9.59 Å². The SMILES string of the molecule is CC(=O)C1(C(=O)Nc2ccc(C)cc2)CCCC1. The molecule has 2 rings (SSSR count). The van der Waals surface area contributed by atoms with Gasteiger partial charge in [0.15, 0.2) is 0 Å². The lowest BCUT2D eigenvalue weighted by atomic mass is 9.81. The van der Waals surface area contributed by atoms with Crippen LogP contribution in [-0.2, 0) is 9.59 Å². The molecule has 1 N–H and O–H groups in total. The highest BCUT2D eigenvalue weighted by molar-refractivity contribution is 6.10. The molecule has 1 aliphatic rings. The van der Waals surface area contributed by atoms with E-state index in [1.54, 1.807) is 0 Å². The smallest absolute Gasteiger partial charge is 0.238 e. The quantitative estimate of drug-likeness (QED) is 0.832. The summed E-state index contributed by atoms with van der Waals surface area (Å²) in [7, 11) is 0. The Balaban J connectivity index is 2.15. The number of anilines is 1. The van der Waals surface area contributed by atoms with E-state index in [0.29, 0.717) is 12.8 Å². The Hall–Kier alpha value is -1.64. The fraction of sp³-hybridized carbons (Fsp3) is 0.467. The summed E-state index contributed by atoms with van der Waals surface area (Å²) in [6.45, 7) is 3.53. The van der Waals surface area contributed by atoms with Gasteiger partial charge >= 0.3 is 0 Å². The van der Waals surface area contributed by atoms with Crippen molar-refractivity contribution in [3.63, 3.8) is 0 Å². The summed E-state index contributed by atoms with van der Waals surface area (Å²) in [5.41, 5.74) is 1.12. The molecule has 1 amide bonds. The number of Topliss-reactive ketones (excluding diaryl/α,β-unsaturated/α-hetero) is 1. The number of carbonyl (C=O) groups is 2. The van der Waals surface area contributed by atoms with Crippen LogP contribution < -0.4 is 5.32 Å². The highest BCUT2D eigenvalue weighted by atomic mass is 16.2. The Bertz CT molecular complexity index is 456. The fourth-order valence-electron chi connectivity index (χ4n) is 2.61. The van der Waals surface area contributed by atoms with Crippen LogP contribution >= 0.6 is 0 Å². The van der Waals surface area contributed by atoms with Gasteiger partial charge in [-0.15, -0.1) is 0 Å². The van der Waals surface area contributed by atoms with Crippen LogP contribution in [0.15, 0.2) is 24.3 Å². The molecule has 1 fully saturated rings. The second kappa shape index (κ2) is 4.92. The predicted molar refractivity (Wildman–Crippen MR) is 71.4 cm³/mol. The molecule has 0 atom stereocenters. The normalized spacial score (nSPS) is 17.4. The molecule has 0 bridgehead atoms. The van der Waals surface area contributed by atoms with E-state index >= 15 is 0 Å². The highest BCUT2D eigenvalue weighted by Gasteiger charge is 2.45. The standard InChI is InChI=1S/C15H19NO2/c1-11-5-7-13(8-6-11)16-14(18)15(12(2)17)9-3-4-10-15/h5-8H,3-4,9-10H2,1-2H3,(H,16,18). The van der Waals surface area contributed by atoms with Gasteiger partial charge in [-0.2, -0.15) is 0 Å². The monoisotopic (exact) mass is 245 g/mol. The van der Waals surface area contributed by atoms with Gasteiger partial charge in [-0.1, -0.05) is 30.5 Å². The third-order valence-electron chi connectivity index (χ3n) is 3.88. The molecular formula is C15H19NO2. The van der Waals surface area contributed by atoms with Crippen LogP contribution in [0.1, 0.15) is 38.2 Å². The Labute approximate surface area is 108 Å². The van der Waals surface area contributed by atoms with Crippen molar-refractivity contribution in [1.82, 2.24) is 0 Å². The van der Waals surface area contributed by atoms with Gasteiger partial charge in [-0.25, -0.2) is 0 Å². The summed E-state index contributed by atoms with van der Waals surface area (Å²) in [6, 6.07) is 7.64. The molecule has 1 aromatic rings. The minimum atomic E-state index is -0.787. The minimum Gasteiger partial charge on any atom is -0.325 e. The van der Waals surface area contributed by atoms with Gasteiger partial charge in [-0.05, 0) is 38.8 Å². The number of ketones is 1. The van der Waals surface area contributed by atoms with Crippen molar-refractivity contribution in [2.75, 3.05) is 5.32 Å². The molecule has 18 heavy (non-hydrogen) atoms. The Morgan fingerprint density at radius 1 is 1.11 bits per heavy atom. The van der Waals surface area contributed by atoms with Gasteiger partial charge in [0, 0.05) is 5.69 Å². The molecule has 0 aliphatic heterocycles. The molecule has 96 valence electrons. The number of nitrogens with one attached hydrogen (secondary N) is 1. The summed E-state index contributed by atoms with van der Waals surface area (Å²) in [4.78, 5) is 24.1. The average Bonchev–Trinajstić information content (AvgIpc) is 2.82. The third kappa shape index (κ3) is 2.30. The van der Waals surface area contributed by atoms with Crippen molar-refractivity contribution >= 4 is 17.4 Å². The van der Waals surface area contributed by atoms with E-state index in [1.807, 2.05) is 31.2 Å². The van der Waals surface area contributed by atoms with Crippen molar-refractivity contribution in [2.24, 2.45) is 5.41 Å². The van der Waals surface area contributed by atoms with Crippen LogP contribution in [0, 0.1) is 12.3 Å². The molecule has 0 heterocycles.